The number of piperidine rings is 1. The van der Waals surface area contributed by atoms with Crippen molar-refractivity contribution in [1.29, 1.82) is 0 Å². The van der Waals surface area contributed by atoms with Crippen LogP contribution < -0.4 is 10.2 Å². The molecule has 2 aromatic rings. The molecule has 0 spiro atoms. The number of hydrogen-bond acceptors (Lipinski definition) is 6. The van der Waals surface area contributed by atoms with E-state index in [-0.39, 0.29) is 28.9 Å². The number of piperazine rings is 1. The Hall–Kier alpha value is -2.65. The highest BCUT2D eigenvalue weighted by molar-refractivity contribution is 5.85. The molecule has 1 N–H and O–H groups in total. The molecular weight excluding hydrogens is 396 g/mol. The van der Waals surface area contributed by atoms with Crippen molar-refractivity contribution >= 4 is 29.7 Å². The summed E-state index contributed by atoms with van der Waals surface area (Å²) < 4.78 is 1.81. The lowest BCUT2D eigenvalue weighted by atomic mass is 9.86. The Morgan fingerprint density at radius 3 is 2.41 bits per heavy atom. The Kier molecular flexibility index (Phi) is 6.39. The van der Waals surface area contributed by atoms with Gasteiger partial charge in [0.05, 0.1) is 4.92 Å². The number of carbonyl (C=O) groups is 1. The van der Waals surface area contributed by atoms with E-state index in [1.165, 1.54) is 6.07 Å². The molecule has 2 saturated heterocycles. The summed E-state index contributed by atoms with van der Waals surface area (Å²) in [7, 11) is 0. The summed E-state index contributed by atoms with van der Waals surface area (Å²) in [5, 5.41) is 19.0. The first kappa shape index (κ1) is 21.1. The maximum absolute atomic E-state index is 13.5. The van der Waals surface area contributed by atoms with Crippen molar-refractivity contribution in [2.45, 2.75) is 18.4 Å². The monoisotopic (exact) mass is 420 g/mol. The average molecular weight is 421 g/mol. The van der Waals surface area contributed by atoms with Crippen LogP contribution in [0, 0.1) is 10.1 Å². The van der Waals surface area contributed by atoms with Crippen molar-refractivity contribution in [2.75, 3.05) is 44.2 Å². The van der Waals surface area contributed by atoms with E-state index >= 15 is 0 Å². The zero-order valence-corrected chi connectivity index (χ0v) is 16.9. The van der Waals surface area contributed by atoms with Gasteiger partial charge >= 0.3 is 0 Å². The van der Waals surface area contributed by atoms with Crippen LogP contribution in [0.4, 0.5) is 11.4 Å². The van der Waals surface area contributed by atoms with E-state index in [0.29, 0.717) is 44.7 Å². The number of rotatable bonds is 4. The number of para-hydroxylation sites is 2. The third-order valence-electron chi connectivity index (χ3n) is 5.76. The number of halogens is 1. The van der Waals surface area contributed by atoms with Gasteiger partial charge in [-0.15, -0.1) is 12.4 Å². The standard InChI is InChI=1S/C19H24N6O3.ClH/c26-18(19(6-9-20-10-7-19)24-11-3-8-21-24)23-14-12-22(13-15-23)16-4-1-2-5-17(16)25(27)28;/h1-5,8,11,20H,6-7,9-10,12-15H2;1H. The molecule has 2 aliphatic rings. The molecule has 0 unspecified atom stereocenters. The van der Waals surface area contributed by atoms with Gasteiger partial charge in [-0.1, -0.05) is 12.1 Å². The Balaban J connectivity index is 0.00000240. The first-order valence-corrected chi connectivity index (χ1v) is 9.60. The Morgan fingerprint density at radius 1 is 1.10 bits per heavy atom. The summed E-state index contributed by atoms with van der Waals surface area (Å²) in [5.41, 5.74) is 0.0762. The summed E-state index contributed by atoms with van der Waals surface area (Å²) in [6.45, 7) is 3.79. The van der Waals surface area contributed by atoms with E-state index in [2.05, 4.69) is 10.4 Å². The molecule has 0 atom stereocenters. The van der Waals surface area contributed by atoms with Crippen LogP contribution in [0.2, 0.25) is 0 Å². The summed E-state index contributed by atoms with van der Waals surface area (Å²) in [4.78, 5) is 28.3. The van der Waals surface area contributed by atoms with Crippen molar-refractivity contribution < 1.29 is 9.72 Å². The topological polar surface area (TPSA) is 96.5 Å². The molecule has 2 aliphatic heterocycles. The zero-order chi connectivity index (χ0) is 19.6. The molecule has 29 heavy (non-hydrogen) atoms. The van der Waals surface area contributed by atoms with Crippen LogP contribution in [-0.2, 0) is 10.3 Å². The van der Waals surface area contributed by atoms with Crippen LogP contribution in [0.3, 0.4) is 0 Å². The second kappa shape index (κ2) is 8.79. The molecule has 1 aromatic heterocycles. The average Bonchev–Trinajstić information content (AvgIpc) is 3.29. The Labute approximate surface area is 175 Å². The lowest BCUT2D eigenvalue weighted by molar-refractivity contribution is -0.384. The number of nitro groups is 1. The molecule has 156 valence electrons. The molecule has 10 heteroatoms. The van der Waals surface area contributed by atoms with E-state index < -0.39 is 5.54 Å². The fraction of sp³-hybridized carbons (Fsp3) is 0.474. The van der Waals surface area contributed by atoms with Crippen LogP contribution in [0.25, 0.3) is 0 Å². The minimum atomic E-state index is -0.643. The van der Waals surface area contributed by atoms with Crippen LogP contribution in [0.5, 0.6) is 0 Å². The maximum atomic E-state index is 13.5. The third kappa shape index (κ3) is 3.92. The van der Waals surface area contributed by atoms with Gasteiger partial charge in [0.1, 0.15) is 11.2 Å². The quantitative estimate of drug-likeness (QED) is 0.596. The van der Waals surface area contributed by atoms with Crippen molar-refractivity contribution in [3.8, 4) is 0 Å². The fourth-order valence-corrected chi connectivity index (χ4v) is 4.23. The van der Waals surface area contributed by atoms with Crippen LogP contribution >= 0.6 is 12.4 Å². The molecule has 4 rings (SSSR count). The largest absolute Gasteiger partial charge is 0.362 e. The first-order valence-electron chi connectivity index (χ1n) is 9.60. The third-order valence-corrected chi connectivity index (χ3v) is 5.76. The smallest absolute Gasteiger partial charge is 0.292 e. The van der Waals surface area contributed by atoms with Crippen LogP contribution in [-0.4, -0.2) is 64.8 Å². The molecule has 9 nitrogen and oxygen atoms in total. The molecule has 2 fully saturated rings. The minimum absolute atomic E-state index is 0. The van der Waals surface area contributed by atoms with Gasteiger partial charge in [0.25, 0.3) is 11.6 Å². The summed E-state index contributed by atoms with van der Waals surface area (Å²) in [6, 6.07) is 8.62. The maximum Gasteiger partial charge on any atom is 0.292 e. The van der Waals surface area contributed by atoms with Gasteiger partial charge < -0.3 is 15.1 Å². The van der Waals surface area contributed by atoms with E-state index in [1.54, 1.807) is 18.3 Å². The number of carbonyl (C=O) groups excluding carboxylic acids is 1. The predicted molar refractivity (Wildman–Crippen MR) is 111 cm³/mol. The van der Waals surface area contributed by atoms with Gasteiger partial charge in [-0.2, -0.15) is 5.10 Å². The Bertz CT molecular complexity index is 845. The number of benzene rings is 1. The Morgan fingerprint density at radius 2 is 1.79 bits per heavy atom. The van der Waals surface area contributed by atoms with E-state index in [0.717, 1.165) is 13.1 Å². The summed E-state index contributed by atoms with van der Waals surface area (Å²) in [6.07, 6.45) is 4.99. The zero-order valence-electron chi connectivity index (χ0n) is 16.1. The summed E-state index contributed by atoms with van der Waals surface area (Å²) in [5.74, 6) is 0.0971. The molecule has 0 bridgehead atoms. The lowest BCUT2D eigenvalue weighted by Gasteiger charge is -2.43. The van der Waals surface area contributed by atoms with E-state index in [4.69, 9.17) is 0 Å². The lowest BCUT2D eigenvalue weighted by Crippen LogP contribution is -2.59. The van der Waals surface area contributed by atoms with Gasteiger partial charge in [0, 0.05) is 44.6 Å². The van der Waals surface area contributed by atoms with Gasteiger partial charge in [-0.05, 0) is 38.1 Å². The van der Waals surface area contributed by atoms with Crippen LogP contribution in [0.1, 0.15) is 12.8 Å². The van der Waals surface area contributed by atoms with E-state index in [1.807, 2.05) is 32.8 Å². The highest BCUT2D eigenvalue weighted by Crippen LogP contribution is 2.32. The van der Waals surface area contributed by atoms with E-state index in [9.17, 15) is 14.9 Å². The first-order chi connectivity index (χ1) is 13.6. The normalized spacial score (nSPS) is 18.8. The van der Waals surface area contributed by atoms with Gasteiger partial charge in [-0.25, -0.2) is 0 Å². The summed E-state index contributed by atoms with van der Waals surface area (Å²) >= 11 is 0. The molecule has 3 heterocycles. The number of nitro benzene ring substituents is 1. The molecule has 0 aliphatic carbocycles. The molecule has 0 saturated carbocycles. The number of amides is 1. The molecular formula is C19H25ClN6O3. The van der Waals surface area contributed by atoms with Crippen molar-refractivity contribution in [2.24, 2.45) is 0 Å². The van der Waals surface area contributed by atoms with Gasteiger partial charge in [0.2, 0.25) is 0 Å². The predicted octanol–water partition coefficient (Wildman–Crippen LogP) is 1.64. The number of nitrogens with zero attached hydrogens (tertiary/aromatic N) is 5. The van der Waals surface area contributed by atoms with Crippen LogP contribution in [0.15, 0.2) is 42.7 Å². The number of aromatic nitrogens is 2. The highest BCUT2D eigenvalue weighted by Gasteiger charge is 2.45. The van der Waals surface area contributed by atoms with Crippen molar-refractivity contribution in [3.63, 3.8) is 0 Å². The number of nitrogens with one attached hydrogen (secondary N) is 1. The molecule has 1 aromatic carbocycles. The second-order valence-corrected chi connectivity index (χ2v) is 7.26. The van der Waals surface area contributed by atoms with Gasteiger partial charge in [0.15, 0.2) is 0 Å². The number of hydrogen-bond donors (Lipinski definition) is 1. The molecule has 0 radical (unpaired) electrons. The second-order valence-electron chi connectivity index (χ2n) is 7.26. The SMILES string of the molecule is Cl.O=C(N1CCN(c2ccccc2[N+](=O)[O-])CC1)C1(n2cccn2)CCNCC1. The fourth-order valence-electron chi connectivity index (χ4n) is 4.23. The highest BCUT2D eigenvalue weighted by atomic mass is 35.5. The number of anilines is 1. The molecule has 1 amide bonds. The minimum Gasteiger partial charge on any atom is -0.362 e. The van der Waals surface area contributed by atoms with Crippen molar-refractivity contribution in [3.05, 3.63) is 52.8 Å². The van der Waals surface area contributed by atoms with Crippen molar-refractivity contribution in [1.82, 2.24) is 20.0 Å². The van der Waals surface area contributed by atoms with Gasteiger partial charge in [-0.3, -0.25) is 19.6 Å².